The number of carbonyl (C=O) groups is 2. The molecule has 0 saturated carbocycles. The average molecular weight is 338 g/mol. The summed E-state index contributed by atoms with van der Waals surface area (Å²) in [6, 6.07) is 7.78. The van der Waals surface area contributed by atoms with Crippen LogP contribution < -0.4 is 9.88 Å². The van der Waals surface area contributed by atoms with Gasteiger partial charge in [-0.2, -0.15) is 4.57 Å². The summed E-state index contributed by atoms with van der Waals surface area (Å²) in [6.45, 7) is 3.22. The van der Waals surface area contributed by atoms with Crippen LogP contribution in [0.1, 0.15) is 30.2 Å². The summed E-state index contributed by atoms with van der Waals surface area (Å²) in [6.07, 6.45) is 3.38. The highest BCUT2D eigenvalue weighted by atomic mass is 35.5. The molecule has 0 aliphatic heterocycles. The van der Waals surface area contributed by atoms with E-state index in [0.29, 0.717) is 21.3 Å². The first kappa shape index (κ1) is 16.5. The highest BCUT2D eigenvalue weighted by Gasteiger charge is 2.23. The van der Waals surface area contributed by atoms with Crippen molar-refractivity contribution in [2.45, 2.75) is 19.9 Å². The Morgan fingerprint density at radius 2 is 1.95 bits per heavy atom. The molecule has 0 spiro atoms. The summed E-state index contributed by atoms with van der Waals surface area (Å²) in [5.74, 6) is -0.310. The zero-order valence-corrected chi connectivity index (χ0v) is 13.7. The summed E-state index contributed by atoms with van der Waals surface area (Å²) in [5, 5.41) is 3.63. The Balaban J connectivity index is 2.20. The Bertz CT molecular complexity index is 732. The minimum atomic E-state index is -0.505. The van der Waals surface area contributed by atoms with Crippen molar-refractivity contribution in [1.82, 2.24) is 0 Å². The number of ketones is 1. The largest absolute Gasteiger partial charge is 0.319 e. The summed E-state index contributed by atoms with van der Waals surface area (Å²) in [4.78, 5) is 23.8. The second kappa shape index (κ2) is 6.90. The Kier molecular flexibility index (Phi) is 5.16. The van der Waals surface area contributed by atoms with Crippen LogP contribution in [0, 0.1) is 0 Å². The molecule has 1 aromatic carbocycles. The van der Waals surface area contributed by atoms with E-state index < -0.39 is 6.04 Å². The number of nitrogens with one attached hydrogen (secondary N) is 1. The van der Waals surface area contributed by atoms with Gasteiger partial charge < -0.3 is 5.32 Å². The molecule has 0 bridgehead atoms. The molecule has 0 unspecified atom stereocenters. The fraction of sp³-hybridized carbons (Fsp3) is 0.188. The van der Waals surface area contributed by atoms with Crippen LogP contribution in [0.3, 0.4) is 0 Å². The van der Waals surface area contributed by atoms with E-state index in [0.717, 1.165) is 0 Å². The fourth-order valence-corrected chi connectivity index (χ4v) is 2.24. The Hall–Kier alpha value is -1.91. The van der Waals surface area contributed by atoms with Gasteiger partial charge in [0.05, 0.1) is 16.3 Å². The molecule has 1 heterocycles. The van der Waals surface area contributed by atoms with Gasteiger partial charge in [-0.05, 0) is 31.2 Å². The van der Waals surface area contributed by atoms with Gasteiger partial charge >= 0.3 is 0 Å². The van der Waals surface area contributed by atoms with Gasteiger partial charge in [0.2, 0.25) is 6.04 Å². The Labute approximate surface area is 138 Å². The van der Waals surface area contributed by atoms with E-state index in [1.165, 1.54) is 6.92 Å². The molecule has 0 radical (unpaired) electrons. The first-order chi connectivity index (χ1) is 10.4. The third-order valence-corrected chi connectivity index (χ3v) is 3.81. The van der Waals surface area contributed by atoms with E-state index in [4.69, 9.17) is 23.2 Å². The number of rotatable bonds is 4. The normalized spacial score (nSPS) is 11.8. The molecule has 1 N–H and O–H groups in total. The molecule has 1 aromatic heterocycles. The summed E-state index contributed by atoms with van der Waals surface area (Å²) in [7, 11) is 0. The Morgan fingerprint density at radius 3 is 2.64 bits per heavy atom. The van der Waals surface area contributed by atoms with Crippen LogP contribution in [0.15, 0.2) is 42.7 Å². The van der Waals surface area contributed by atoms with Crippen LogP contribution in [0.2, 0.25) is 10.0 Å². The molecule has 0 aliphatic rings. The monoisotopic (exact) mass is 337 g/mol. The maximum absolute atomic E-state index is 12.3. The van der Waals surface area contributed by atoms with Crippen molar-refractivity contribution < 1.29 is 14.2 Å². The minimum Gasteiger partial charge on any atom is -0.319 e. The number of nitrogens with zero attached hydrogens (tertiary/aromatic N) is 1. The van der Waals surface area contributed by atoms with E-state index >= 15 is 0 Å². The van der Waals surface area contributed by atoms with Crippen molar-refractivity contribution in [2.75, 3.05) is 5.32 Å². The number of hydrogen-bond donors (Lipinski definition) is 1. The van der Waals surface area contributed by atoms with E-state index in [1.807, 2.05) is 0 Å². The number of amides is 1. The van der Waals surface area contributed by atoms with Crippen molar-refractivity contribution in [3.05, 3.63) is 58.3 Å². The summed E-state index contributed by atoms with van der Waals surface area (Å²) < 4.78 is 1.67. The van der Waals surface area contributed by atoms with Gasteiger partial charge in [-0.25, -0.2) is 0 Å². The summed E-state index contributed by atoms with van der Waals surface area (Å²) >= 11 is 11.9. The van der Waals surface area contributed by atoms with Gasteiger partial charge in [0.25, 0.3) is 5.91 Å². The first-order valence-corrected chi connectivity index (χ1v) is 7.41. The van der Waals surface area contributed by atoms with Gasteiger partial charge in [-0.15, -0.1) is 0 Å². The lowest BCUT2D eigenvalue weighted by Crippen LogP contribution is -2.44. The third kappa shape index (κ3) is 3.84. The Morgan fingerprint density at radius 1 is 1.23 bits per heavy atom. The molecule has 6 heteroatoms. The zero-order valence-electron chi connectivity index (χ0n) is 12.1. The smallest absolute Gasteiger partial charge is 0.293 e. The van der Waals surface area contributed by atoms with E-state index in [-0.39, 0.29) is 11.7 Å². The number of halogens is 2. The number of aromatic nitrogens is 1. The van der Waals surface area contributed by atoms with Gasteiger partial charge in [0.15, 0.2) is 18.2 Å². The fourth-order valence-electron chi connectivity index (χ4n) is 1.91. The van der Waals surface area contributed by atoms with Gasteiger partial charge in [-0.1, -0.05) is 23.2 Å². The number of pyridine rings is 1. The lowest BCUT2D eigenvalue weighted by atomic mass is 10.2. The number of carbonyl (C=O) groups excluding carboxylic acids is 2. The molecule has 4 nitrogen and oxygen atoms in total. The van der Waals surface area contributed by atoms with Crippen molar-refractivity contribution in [2.24, 2.45) is 0 Å². The standard InChI is InChI=1S/C16H14Cl2N2O2/c1-10(20-7-3-4-12(9-20)11(2)21)16(22)19-15-8-13(17)5-6-14(15)18/h3-10H,1-2H3/p+1/t10-/m0/s1. The van der Waals surface area contributed by atoms with Crippen LogP contribution in [-0.4, -0.2) is 11.7 Å². The second-order valence-corrected chi connectivity index (χ2v) is 5.73. The topological polar surface area (TPSA) is 50.0 Å². The first-order valence-electron chi connectivity index (χ1n) is 6.66. The zero-order chi connectivity index (χ0) is 16.3. The number of anilines is 1. The molecule has 114 valence electrons. The second-order valence-electron chi connectivity index (χ2n) is 4.89. The maximum Gasteiger partial charge on any atom is 0.293 e. The number of hydrogen-bond acceptors (Lipinski definition) is 2. The van der Waals surface area contributed by atoms with Gasteiger partial charge in [0, 0.05) is 18.0 Å². The molecular formula is C16H15Cl2N2O2+. The van der Waals surface area contributed by atoms with E-state index in [1.54, 1.807) is 54.2 Å². The SMILES string of the molecule is CC(=O)c1ccc[n+]([C@@H](C)C(=O)Nc2cc(Cl)ccc2Cl)c1. The van der Waals surface area contributed by atoms with E-state index in [9.17, 15) is 9.59 Å². The summed E-state index contributed by atoms with van der Waals surface area (Å²) in [5.41, 5.74) is 0.997. The number of benzene rings is 1. The highest BCUT2D eigenvalue weighted by Crippen LogP contribution is 2.25. The molecule has 0 aliphatic carbocycles. The van der Waals surface area contributed by atoms with Gasteiger partial charge in [-0.3, -0.25) is 9.59 Å². The van der Waals surface area contributed by atoms with Crippen LogP contribution >= 0.6 is 23.2 Å². The van der Waals surface area contributed by atoms with Crippen molar-refractivity contribution in [3.8, 4) is 0 Å². The highest BCUT2D eigenvalue weighted by molar-refractivity contribution is 6.35. The minimum absolute atomic E-state index is 0.0557. The third-order valence-electron chi connectivity index (χ3n) is 3.24. The van der Waals surface area contributed by atoms with Gasteiger partial charge in [0.1, 0.15) is 0 Å². The lowest BCUT2D eigenvalue weighted by Gasteiger charge is -2.10. The molecule has 22 heavy (non-hydrogen) atoms. The average Bonchev–Trinajstić information content (AvgIpc) is 2.50. The molecule has 0 fully saturated rings. The van der Waals surface area contributed by atoms with Crippen LogP contribution in [-0.2, 0) is 4.79 Å². The van der Waals surface area contributed by atoms with Crippen molar-refractivity contribution in [1.29, 1.82) is 0 Å². The maximum atomic E-state index is 12.3. The van der Waals surface area contributed by atoms with Crippen molar-refractivity contribution >= 4 is 40.6 Å². The van der Waals surface area contributed by atoms with Crippen LogP contribution in [0.4, 0.5) is 5.69 Å². The van der Waals surface area contributed by atoms with E-state index in [2.05, 4.69) is 5.32 Å². The predicted octanol–water partition coefficient (Wildman–Crippen LogP) is 3.68. The molecule has 1 amide bonds. The molecule has 1 atom stereocenters. The molecular weight excluding hydrogens is 323 g/mol. The van der Waals surface area contributed by atoms with Crippen LogP contribution in [0.25, 0.3) is 0 Å². The molecule has 2 rings (SSSR count). The molecule has 0 saturated heterocycles. The quantitative estimate of drug-likeness (QED) is 0.683. The van der Waals surface area contributed by atoms with Crippen molar-refractivity contribution in [3.63, 3.8) is 0 Å². The predicted molar refractivity (Wildman–Crippen MR) is 86.4 cm³/mol. The van der Waals surface area contributed by atoms with Crippen LogP contribution in [0.5, 0.6) is 0 Å². The molecule has 2 aromatic rings. The lowest BCUT2D eigenvalue weighted by molar-refractivity contribution is -0.705. The number of Topliss-reactive ketones (excluding diaryl/α,β-unsaturated/α-hetero) is 1.